The van der Waals surface area contributed by atoms with Crippen LogP contribution in [0.4, 0.5) is 0 Å². The number of methoxy groups -OCH3 is 2. The van der Waals surface area contributed by atoms with Gasteiger partial charge in [0, 0.05) is 12.8 Å². The number of esters is 2. The molecular formula is C16H18N2O5. The number of hydrogen-bond donors (Lipinski definition) is 1. The average Bonchev–Trinajstić information content (AvgIpc) is 2.58. The van der Waals surface area contributed by atoms with Gasteiger partial charge in [-0.25, -0.2) is 4.79 Å². The summed E-state index contributed by atoms with van der Waals surface area (Å²) in [5.41, 5.74) is 1.18. The summed E-state index contributed by atoms with van der Waals surface area (Å²) in [5.74, 6) is -1.56. The van der Waals surface area contributed by atoms with Crippen molar-refractivity contribution in [2.45, 2.75) is 25.3 Å². The summed E-state index contributed by atoms with van der Waals surface area (Å²) in [5, 5.41) is 11.4. The summed E-state index contributed by atoms with van der Waals surface area (Å²) in [6, 6.07) is 7.84. The van der Waals surface area contributed by atoms with Crippen molar-refractivity contribution in [2.75, 3.05) is 14.2 Å². The molecule has 0 bridgehead atoms. The molecule has 0 aliphatic heterocycles. The van der Waals surface area contributed by atoms with Gasteiger partial charge in [0.1, 0.15) is 6.04 Å². The Morgan fingerprint density at radius 1 is 1.22 bits per heavy atom. The highest BCUT2D eigenvalue weighted by Gasteiger charge is 2.22. The van der Waals surface area contributed by atoms with E-state index in [2.05, 4.69) is 14.8 Å². The first-order chi connectivity index (χ1) is 11.0. The van der Waals surface area contributed by atoms with Crippen LogP contribution in [-0.4, -0.2) is 38.1 Å². The van der Waals surface area contributed by atoms with Crippen LogP contribution in [-0.2, 0) is 30.3 Å². The molecule has 0 saturated carbocycles. The third-order valence-corrected chi connectivity index (χ3v) is 3.10. The summed E-state index contributed by atoms with van der Waals surface area (Å²) >= 11 is 0. The maximum Gasteiger partial charge on any atom is 0.328 e. The fourth-order valence-corrected chi connectivity index (χ4v) is 1.92. The fraction of sp³-hybridized carbons (Fsp3) is 0.375. The SMILES string of the molecule is COC(=O)CCC(=O)N[C@H](Cc1cccc(C#N)c1)C(=O)OC. The van der Waals surface area contributed by atoms with Gasteiger partial charge in [-0.2, -0.15) is 5.26 Å². The summed E-state index contributed by atoms with van der Waals surface area (Å²) in [6.07, 6.45) is 0.0324. The Morgan fingerprint density at radius 3 is 2.57 bits per heavy atom. The molecule has 0 heterocycles. The van der Waals surface area contributed by atoms with E-state index < -0.39 is 23.9 Å². The number of amides is 1. The lowest BCUT2D eigenvalue weighted by atomic mass is 10.0. The normalized spacial score (nSPS) is 11.0. The van der Waals surface area contributed by atoms with Gasteiger partial charge in [0.05, 0.1) is 32.3 Å². The van der Waals surface area contributed by atoms with E-state index in [9.17, 15) is 14.4 Å². The van der Waals surface area contributed by atoms with E-state index in [0.717, 1.165) is 0 Å². The van der Waals surface area contributed by atoms with Crippen molar-refractivity contribution < 1.29 is 23.9 Å². The third-order valence-electron chi connectivity index (χ3n) is 3.10. The number of nitrogens with zero attached hydrogens (tertiary/aromatic N) is 1. The van der Waals surface area contributed by atoms with Gasteiger partial charge in [-0.3, -0.25) is 9.59 Å². The van der Waals surface area contributed by atoms with Crippen LogP contribution in [0.5, 0.6) is 0 Å². The highest BCUT2D eigenvalue weighted by atomic mass is 16.5. The van der Waals surface area contributed by atoms with Crippen molar-refractivity contribution in [3.8, 4) is 6.07 Å². The van der Waals surface area contributed by atoms with Gasteiger partial charge < -0.3 is 14.8 Å². The largest absolute Gasteiger partial charge is 0.469 e. The highest BCUT2D eigenvalue weighted by Crippen LogP contribution is 2.08. The molecule has 23 heavy (non-hydrogen) atoms. The quantitative estimate of drug-likeness (QED) is 0.742. The first-order valence-electron chi connectivity index (χ1n) is 6.93. The fourth-order valence-electron chi connectivity index (χ4n) is 1.92. The van der Waals surface area contributed by atoms with E-state index >= 15 is 0 Å². The summed E-state index contributed by atoms with van der Waals surface area (Å²) in [7, 11) is 2.46. The van der Waals surface area contributed by atoms with Crippen molar-refractivity contribution in [2.24, 2.45) is 0 Å². The van der Waals surface area contributed by atoms with Crippen LogP contribution in [0.2, 0.25) is 0 Å². The minimum absolute atomic E-state index is 0.0693. The number of rotatable bonds is 7. The van der Waals surface area contributed by atoms with Gasteiger partial charge in [-0.05, 0) is 17.7 Å². The molecule has 0 radical (unpaired) electrons. The molecule has 0 fully saturated rings. The lowest BCUT2D eigenvalue weighted by molar-refractivity contribution is -0.145. The predicted octanol–water partition coefficient (Wildman–Crippen LogP) is 0.712. The third kappa shape index (κ3) is 6.18. The second kappa shape index (κ2) is 9.20. The molecule has 1 amide bonds. The Labute approximate surface area is 134 Å². The van der Waals surface area contributed by atoms with Crippen molar-refractivity contribution in [1.29, 1.82) is 5.26 Å². The molecule has 0 spiro atoms. The molecule has 122 valence electrons. The van der Waals surface area contributed by atoms with Crippen LogP contribution >= 0.6 is 0 Å². The molecule has 0 aromatic heterocycles. The topological polar surface area (TPSA) is 105 Å². The predicted molar refractivity (Wildman–Crippen MR) is 80.1 cm³/mol. The lowest BCUT2D eigenvalue weighted by Crippen LogP contribution is -2.43. The molecule has 0 saturated heterocycles. The lowest BCUT2D eigenvalue weighted by Gasteiger charge is -2.16. The smallest absolute Gasteiger partial charge is 0.328 e. The molecule has 1 N–H and O–H groups in total. The molecule has 0 aliphatic carbocycles. The number of ether oxygens (including phenoxy) is 2. The molecule has 1 aromatic carbocycles. The first kappa shape index (κ1) is 18.2. The van der Waals surface area contributed by atoms with Crippen LogP contribution in [0.25, 0.3) is 0 Å². The summed E-state index contributed by atoms with van der Waals surface area (Å²) < 4.78 is 9.13. The van der Waals surface area contributed by atoms with E-state index in [-0.39, 0.29) is 19.3 Å². The number of carbonyl (C=O) groups excluding carboxylic acids is 3. The van der Waals surface area contributed by atoms with Gasteiger partial charge in [-0.1, -0.05) is 12.1 Å². The van der Waals surface area contributed by atoms with Gasteiger partial charge in [-0.15, -0.1) is 0 Å². The van der Waals surface area contributed by atoms with E-state index in [4.69, 9.17) is 5.26 Å². The zero-order chi connectivity index (χ0) is 17.2. The monoisotopic (exact) mass is 318 g/mol. The van der Waals surface area contributed by atoms with Crippen LogP contribution in [0.15, 0.2) is 24.3 Å². The van der Waals surface area contributed by atoms with Crippen molar-refractivity contribution in [3.05, 3.63) is 35.4 Å². The van der Waals surface area contributed by atoms with Crippen molar-refractivity contribution in [3.63, 3.8) is 0 Å². The molecule has 1 atom stereocenters. The molecular weight excluding hydrogens is 300 g/mol. The summed E-state index contributed by atoms with van der Waals surface area (Å²) in [4.78, 5) is 34.7. The standard InChI is InChI=1S/C16H18N2O5/c1-22-15(20)7-6-14(19)18-13(16(21)23-2)9-11-4-3-5-12(8-11)10-17/h3-5,8,13H,6-7,9H2,1-2H3,(H,18,19)/t13-/m1/s1. The Morgan fingerprint density at radius 2 is 1.96 bits per heavy atom. The van der Waals surface area contributed by atoms with Crippen LogP contribution in [0, 0.1) is 11.3 Å². The number of carbonyl (C=O) groups is 3. The first-order valence-corrected chi connectivity index (χ1v) is 6.93. The Kier molecular flexibility index (Phi) is 7.27. The maximum absolute atomic E-state index is 11.8. The zero-order valence-corrected chi connectivity index (χ0v) is 13.0. The van der Waals surface area contributed by atoms with E-state index in [1.165, 1.54) is 14.2 Å². The minimum atomic E-state index is -0.890. The molecule has 7 nitrogen and oxygen atoms in total. The van der Waals surface area contributed by atoms with E-state index in [0.29, 0.717) is 11.1 Å². The van der Waals surface area contributed by atoms with Gasteiger partial charge in [0.25, 0.3) is 0 Å². The molecule has 0 aliphatic rings. The van der Waals surface area contributed by atoms with Crippen LogP contribution in [0.3, 0.4) is 0 Å². The van der Waals surface area contributed by atoms with E-state index in [1.807, 2.05) is 6.07 Å². The number of nitrogens with one attached hydrogen (secondary N) is 1. The minimum Gasteiger partial charge on any atom is -0.469 e. The second-order valence-corrected chi connectivity index (χ2v) is 4.74. The Hall–Kier alpha value is -2.88. The number of benzene rings is 1. The summed E-state index contributed by atoms with van der Waals surface area (Å²) in [6.45, 7) is 0. The number of nitriles is 1. The second-order valence-electron chi connectivity index (χ2n) is 4.74. The number of hydrogen-bond acceptors (Lipinski definition) is 6. The van der Waals surface area contributed by atoms with Crippen molar-refractivity contribution >= 4 is 17.8 Å². The molecule has 0 unspecified atom stereocenters. The van der Waals surface area contributed by atoms with Gasteiger partial charge in [0.2, 0.25) is 5.91 Å². The Bertz CT molecular complexity index is 621. The van der Waals surface area contributed by atoms with Gasteiger partial charge >= 0.3 is 11.9 Å². The molecule has 7 heteroatoms. The average molecular weight is 318 g/mol. The Balaban J connectivity index is 2.73. The van der Waals surface area contributed by atoms with Crippen LogP contribution in [0.1, 0.15) is 24.0 Å². The maximum atomic E-state index is 11.8. The van der Waals surface area contributed by atoms with E-state index in [1.54, 1.807) is 24.3 Å². The van der Waals surface area contributed by atoms with Crippen LogP contribution < -0.4 is 5.32 Å². The van der Waals surface area contributed by atoms with Crippen molar-refractivity contribution in [1.82, 2.24) is 5.32 Å². The van der Waals surface area contributed by atoms with Gasteiger partial charge in [0.15, 0.2) is 0 Å². The zero-order valence-electron chi connectivity index (χ0n) is 13.0. The molecule has 1 rings (SSSR count). The highest BCUT2D eigenvalue weighted by molar-refractivity contribution is 5.86. The molecule has 1 aromatic rings.